The van der Waals surface area contributed by atoms with E-state index in [1.807, 2.05) is 0 Å². The summed E-state index contributed by atoms with van der Waals surface area (Å²) in [5.74, 6) is -2.08. The van der Waals surface area contributed by atoms with Crippen LogP contribution in [0.25, 0.3) is 0 Å². The van der Waals surface area contributed by atoms with Crippen molar-refractivity contribution < 1.29 is 32.5 Å². The third-order valence-corrected chi connectivity index (χ3v) is 2.54. The number of alkyl halides is 3. The van der Waals surface area contributed by atoms with Crippen molar-refractivity contribution in [3.63, 3.8) is 0 Å². The van der Waals surface area contributed by atoms with E-state index in [1.165, 1.54) is 14.0 Å². The summed E-state index contributed by atoms with van der Waals surface area (Å²) in [7, 11) is 1.33. The molecule has 0 saturated carbocycles. The first kappa shape index (κ1) is 14.2. The van der Waals surface area contributed by atoms with Gasteiger partial charge in [-0.05, 0) is 6.92 Å². The van der Waals surface area contributed by atoms with Crippen LogP contribution in [-0.4, -0.2) is 48.8 Å². The van der Waals surface area contributed by atoms with Gasteiger partial charge < -0.3 is 19.9 Å². The molecule has 0 aromatic carbocycles. The molecule has 4 atom stereocenters. The molecule has 17 heavy (non-hydrogen) atoms. The van der Waals surface area contributed by atoms with Crippen molar-refractivity contribution in [2.45, 2.75) is 44.1 Å². The van der Waals surface area contributed by atoms with Crippen LogP contribution in [0, 0.1) is 0 Å². The third kappa shape index (κ3) is 3.55. The molecule has 1 unspecified atom stereocenters. The van der Waals surface area contributed by atoms with Crippen molar-refractivity contribution in [2.24, 2.45) is 0 Å². The Kier molecular flexibility index (Phi) is 4.34. The van der Waals surface area contributed by atoms with Crippen LogP contribution in [-0.2, 0) is 14.3 Å². The number of amides is 1. The first-order valence-electron chi connectivity index (χ1n) is 4.99. The quantitative estimate of drug-likeness (QED) is 0.740. The molecular formula is C9H14F3NO4. The zero-order valence-corrected chi connectivity index (χ0v) is 9.32. The Morgan fingerprint density at radius 3 is 2.59 bits per heavy atom. The van der Waals surface area contributed by atoms with E-state index < -0.39 is 36.6 Å². The minimum Gasteiger partial charge on any atom is -0.388 e. The van der Waals surface area contributed by atoms with E-state index in [2.05, 4.69) is 0 Å². The van der Waals surface area contributed by atoms with Gasteiger partial charge in [0.2, 0.25) is 0 Å². The molecule has 0 bridgehead atoms. The second-order valence-corrected chi connectivity index (χ2v) is 3.81. The molecule has 5 nitrogen and oxygen atoms in total. The lowest BCUT2D eigenvalue weighted by Crippen LogP contribution is -2.57. The monoisotopic (exact) mass is 257 g/mol. The summed E-state index contributed by atoms with van der Waals surface area (Å²) in [5.41, 5.74) is 0. The lowest BCUT2D eigenvalue weighted by atomic mass is 9.99. The van der Waals surface area contributed by atoms with Crippen molar-refractivity contribution in [3.8, 4) is 0 Å². The number of hydrogen-bond donors (Lipinski definition) is 2. The fourth-order valence-electron chi connectivity index (χ4n) is 1.60. The standard InChI is InChI=1S/C9H14F3NO4/c1-4-7(14)5(3-6(16-2)17-4)13-8(15)9(10,11)12/h4-7,14H,3H2,1-2H3,(H,13,15)/t4-,5-,6?,7+/m0/s1. The van der Waals surface area contributed by atoms with E-state index in [0.29, 0.717) is 0 Å². The van der Waals surface area contributed by atoms with Gasteiger partial charge in [0.15, 0.2) is 6.29 Å². The zero-order chi connectivity index (χ0) is 13.2. The Labute approximate surface area is 95.9 Å². The lowest BCUT2D eigenvalue weighted by molar-refractivity contribution is -0.218. The highest BCUT2D eigenvalue weighted by molar-refractivity contribution is 5.82. The molecule has 1 fully saturated rings. The Hall–Kier alpha value is -0.860. The third-order valence-electron chi connectivity index (χ3n) is 2.54. The first-order valence-corrected chi connectivity index (χ1v) is 4.99. The number of aliphatic hydroxyl groups excluding tert-OH is 1. The number of rotatable bonds is 2. The lowest BCUT2D eigenvalue weighted by Gasteiger charge is -2.37. The largest absolute Gasteiger partial charge is 0.471 e. The van der Waals surface area contributed by atoms with E-state index in [4.69, 9.17) is 9.47 Å². The molecule has 0 spiro atoms. The highest BCUT2D eigenvalue weighted by Gasteiger charge is 2.43. The summed E-state index contributed by atoms with van der Waals surface area (Å²) < 4.78 is 46.1. The van der Waals surface area contributed by atoms with Gasteiger partial charge in [-0.15, -0.1) is 0 Å². The molecule has 8 heteroatoms. The predicted molar refractivity (Wildman–Crippen MR) is 50.0 cm³/mol. The second kappa shape index (κ2) is 5.19. The summed E-state index contributed by atoms with van der Waals surface area (Å²) >= 11 is 0. The fraction of sp³-hybridized carbons (Fsp3) is 0.889. The topological polar surface area (TPSA) is 67.8 Å². The number of halogens is 3. The first-order chi connectivity index (χ1) is 7.75. The number of methoxy groups -OCH3 is 1. The summed E-state index contributed by atoms with van der Waals surface area (Å²) in [6, 6.07) is -1.04. The van der Waals surface area contributed by atoms with E-state index in [0.717, 1.165) is 0 Å². The summed E-state index contributed by atoms with van der Waals surface area (Å²) in [5, 5.41) is 11.3. The van der Waals surface area contributed by atoms with Gasteiger partial charge in [0, 0.05) is 13.5 Å². The predicted octanol–water partition coefficient (Wildman–Crippen LogP) is 0.176. The van der Waals surface area contributed by atoms with Crippen molar-refractivity contribution in [1.29, 1.82) is 0 Å². The van der Waals surface area contributed by atoms with Gasteiger partial charge in [-0.2, -0.15) is 13.2 Å². The van der Waals surface area contributed by atoms with Crippen LogP contribution in [0.15, 0.2) is 0 Å². The summed E-state index contributed by atoms with van der Waals surface area (Å²) in [6.07, 6.45) is -7.67. The molecule has 2 N–H and O–H groups in total. The van der Waals surface area contributed by atoms with Crippen LogP contribution in [0.5, 0.6) is 0 Å². The highest BCUT2D eigenvalue weighted by atomic mass is 19.4. The number of nitrogens with one attached hydrogen (secondary N) is 1. The van der Waals surface area contributed by atoms with E-state index in [9.17, 15) is 23.1 Å². The van der Waals surface area contributed by atoms with Crippen molar-refractivity contribution >= 4 is 5.91 Å². The normalized spacial score (nSPS) is 34.5. The molecule has 1 aliphatic rings. The number of ether oxygens (including phenoxy) is 2. The molecule has 1 rings (SSSR count). The Morgan fingerprint density at radius 1 is 1.53 bits per heavy atom. The van der Waals surface area contributed by atoms with E-state index >= 15 is 0 Å². The molecule has 0 aromatic heterocycles. The molecule has 1 saturated heterocycles. The summed E-state index contributed by atoms with van der Waals surface area (Å²) in [4.78, 5) is 10.8. The molecular weight excluding hydrogens is 243 g/mol. The smallest absolute Gasteiger partial charge is 0.388 e. The van der Waals surface area contributed by atoms with Gasteiger partial charge in [0.25, 0.3) is 0 Å². The maximum Gasteiger partial charge on any atom is 0.471 e. The van der Waals surface area contributed by atoms with Gasteiger partial charge in [0.1, 0.15) is 6.10 Å². The van der Waals surface area contributed by atoms with Crippen LogP contribution in [0.2, 0.25) is 0 Å². The second-order valence-electron chi connectivity index (χ2n) is 3.81. The van der Waals surface area contributed by atoms with Crippen molar-refractivity contribution in [2.75, 3.05) is 7.11 Å². The molecule has 1 amide bonds. The molecule has 0 aromatic rings. The average molecular weight is 257 g/mol. The Balaban J connectivity index is 2.65. The van der Waals surface area contributed by atoms with Crippen molar-refractivity contribution in [3.05, 3.63) is 0 Å². The molecule has 0 radical (unpaired) electrons. The Bertz CT molecular complexity index is 284. The van der Waals surface area contributed by atoms with Crippen LogP contribution < -0.4 is 5.32 Å². The number of carbonyl (C=O) groups is 1. The fourth-order valence-corrected chi connectivity index (χ4v) is 1.60. The van der Waals surface area contributed by atoms with E-state index in [-0.39, 0.29) is 6.42 Å². The minimum absolute atomic E-state index is 0.0379. The van der Waals surface area contributed by atoms with Gasteiger partial charge in [-0.3, -0.25) is 4.79 Å². The summed E-state index contributed by atoms with van der Waals surface area (Å²) in [6.45, 7) is 1.49. The van der Waals surface area contributed by atoms with Gasteiger partial charge >= 0.3 is 12.1 Å². The van der Waals surface area contributed by atoms with Crippen molar-refractivity contribution in [1.82, 2.24) is 5.32 Å². The SMILES string of the molecule is COC1C[C@H](NC(=O)C(F)(F)F)[C@H](O)[C@H](C)O1. The van der Waals surface area contributed by atoms with Crippen LogP contribution in [0.1, 0.15) is 13.3 Å². The van der Waals surface area contributed by atoms with E-state index in [1.54, 1.807) is 5.32 Å². The van der Waals surface area contributed by atoms with Crippen LogP contribution in [0.3, 0.4) is 0 Å². The van der Waals surface area contributed by atoms with Crippen LogP contribution in [0.4, 0.5) is 13.2 Å². The molecule has 100 valence electrons. The average Bonchev–Trinajstić information content (AvgIpc) is 2.22. The molecule has 0 aliphatic carbocycles. The van der Waals surface area contributed by atoms with Gasteiger partial charge in [-0.1, -0.05) is 0 Å². The number of aliphatic hydroxyl groups is 1. The zero-order valence-electron chi connectivity index (χ0n) is 9.32. The maximum absolute atomic E-state index is 12.1. The number of carbonyl (C=O) groups excluding carboxylic acids is 1. The number of hydrogen-bond acceptors (Lipinski definition) is 4. The molecule has 1 aliphatic heterocycles. The molecule has 1 heterocycles. The minimum atomic E-state index is -4.97. The highest BCUT2D eigenvalue weighted by Crippen LogP contribution is 2.22. The Morgan fingerprint density at radius 2 is 2.12 bits per heavy atom. The van der Waals surface area contributed by atoms with Gasteiger partial charge in [0.05, 0.1) is 12.1 Å². The maximum atomic E-state index is 12.1. The van der Waals surface area contributed by atoms with Crippen LogP contribution >= 0.6 is 0 Å². The van der Waals surface area contributed by atoms with Gasteiger partial charge in [-0.25, -0.2) is 0 Å².